The molecule has 2 N–H and O–H groups in total. The zero-order valence-electron chi connectivity index (χ0n) is 18.9. The number of rotatable bonds is 5. The number of hydrogen-bond acceptors (Lipinski definition) is 8. The van der Waals surface area contributed by atoms with E-state index in [-0.39, 0.29) is 31.9 Å². The van der Waals surface area contributed by atoms with Gasteiger partial charge in [-0.15, -0.1) is 0 Å². The highest BCUT2D eigenvalue weighted by molar-refractivity contribution is 7.89. The van der Waals surface area contributed by atoms with Gasteiger partial charge in [0.1, 0.15) is 11.9 Å². The van der Waals surface area contributed by atoms with Crippen LogP contribution >= 0.6 is 22.9 Å². The average molecular weight is 553 g/mol. The first-order valence-corrected chi connectivity index (χ1v) is 13.7. The summed E-state index contributed by atoms with van der Waals surface area (Å²) in [5.41, 5.74) is 0.360. The number of sulfonamides is 1. The van der Waals surface area contributed by atoms with E-state index in [1.807, 2.05) is 0 Å². The van der Waals surface area contributed by atoms with Gasteiger partial charge in [-0.3, -0.25) is 10.1 Å². The van der Waals surface area contributed by atoms with Gasteiger partial charge in [-0.05, 0) is 30.3 Å². The number of piperidine rings is 1. The molecule has 14 heteroatoms. The quantitative estimate of drug-likeness (QED) is 0.481. The van der Waals surface area contributed by atoms with Crippen LogP contribution in [0.3, 0.4) is 0 Å². The van der Waals surface area contributed by atoms with Crippen molar-refractivity contribution in [1.29, 1.82) is 0 Å². The van der Waals surface area contributed by atoms with Gasteiger partial charge in [0.2, 0.25) is 10.0 Å². The van der Waals surface area contributed by atoms with Crippen molar-refractivity contribution in [3.8, 4) is 5.75 Å². The molecule has 1 aliphatic heterocycles. The molecule has 0 aliphatic carbocycles. The number of fused-ring (bicyclic) bond motifs is 1. The largest absolute Gasteiger partial charge is 0.490 e. The minimum Gasteiger partial charge on any atom is -0.490 e. The molecule has 0 bridgehead atoms. The molecule has 0 unspecified atom stereocenters. The van der Waals surface area contributed by atoms with E-state index in [0.717, 1.165) is 22.3 Å². The first kappa shape index (κ1) is 25.7. The van der Waals surface area contributed by atoms with E-state index in [1.54, 1.807) is 24.3 Å². The molecule has 2 heterocycles. The van der Waals surface area contributed by atoms with Gasteiger partial charge in [0, 0.05) is 25.9 Å². The summed E-state index contributed by atoms with van der Waals surface area (Å²) >= 11 is 7.31. The summed E-state index contributed by atoms with van der Waals surface area (Å²) < 4.78 is 31.6. The van der Waals surface area contributed by atoms with Gasteiger partial charge in [0.05, 0.1) is 27.1 Å². The number of benzene rings is 2. The Labute approximate surface area is 215 Å². The van der Waals surface area contributed by atoms with Crippen LogP contribution in [-0.2, 0) is 10.0 Å². The number of nitrogens with zero attached hydrogens (tertiary/aromatic N) is 3. The van der Waals surface area contributed by atoms with Crippen molar-refractivity contribution in [3.63, 3.8) is 0 Å². The number of thiazole rings is 1. The van der Waals surface area contributed by atoms with Gasteiger partial charge in [0.15, 0.2) is 5.13 Å². The van der Waals surface area contributed by atoms with E-state index in [0.29, 0.717) is 31.4 Å². The van der Waals surface area contributed by atoms with Gasteiger partial charge in [-0.2, -0.15) is 4.31 Å². The zero-order valence-corrected chi connectivity index (χ0v) is 21.3. The maximum atomic E-state index is 13.2. The van der Waals surface area contributed by atoms with E-state index in [1.165, 1.54) is 23.1 Å². The number of likely N-dealkylation sites (tertiary alicyclic amines) is 1. The second-order valence-corrected chi connectivity index (χ2v) is 11.2. The molecule has 0 atom stereocenters. The topological polar surface area (TPSA) is 146 Å². The Bertz CT molecular complexity index is 1400. The van der Waals surface area contributed by atoms with Crippen LogP contribution in [0.4, 0.5) is 14.7 Å². The number of amides is 4. The van der Waals surface area contributed by atoms with E-state index < -0.39 is 28.1 Å². The van der Waals surface area contributed by atoms with Crippen molar-refractivity contribution in [2.45, 2.75) is 18.9 Å². The van der Waals surface area contributed by atoms with Gasteiger partial charge >= 0.3 is 12.1 Å². The molecule has 1 aromatic heterocycles. The van der Waals surface area contributed by atoms with Crippen molar-refractivity contribution in [1.82, 2.24) is 14.2 Å². The second kappa shape index (κ2) is 10.3. The molecule has 36 heavy (non-hydrogen) atoms. The highest BCUT2D eigenvalue weighted by Gasteiger charge is 2.34. The molecular weight excluding hydrogens is 532 g/mol. The monoisotopic (exact) mass is 552 g/mol. The molecule has 0 spiro atoms. The Hall–Kier alpha value is -3.42. The highest BCUT2D eigenvalue weighted by atomic mass is 35.5. The Morgan fingerprint density at radius 2 is 1.89 bits per heavy atom. The summed E-state index contributed by atoms with van der Waals surface area (Å²) in [6, 6.07) is 10.0. The number of para-hydroxylation sites is 1. The molecule has 1 saturated heterocycles. The average Bonchev–Trinajstić information content (AvgIpc) is 3.22. The summed E-state index contributed by atoms with van der Waals surface area (Å²) in [4.78, 5) is 42.7. The molecule has 2 aromatic carbocycles. The van der Waals surface area contributed by atoms with Gasteiger partial charge in [-0.25, -0.2) is 23.0 Å². The lowest BCUT2D eigenvalue weighted by Gasteiger charge is -2.30. The maximum absolute atomic E-state index is 13.2. The van der Waals surface area contributed by atoms with Crippen LogP contribution in [-0.4, -0.2) is 71.2 Å². The minimum atomic E-state index is -4.34. The van der Waals surface area contributed by atoms with E-state index in [2.05, 4.69) is 10.3 Å². The van der Waals surface area contributed by atoms with Crippen LogP contribution in [0, 0.1) is 0 Å². The number of carbonyl (C=O) groups excluding carboxylic acids is 2. The summed E-state index contributed by atoms with van der Waals surface area (Å²) in [5.74, 6) is -0.927. The molecular formula is C22H21ClN4O7S2. The number of ether oxygens (including phenoxy) is 1. The molecule has 0 saturated carbocycles. The number of nitrogens with one attached hydrogen (secondary N) is 1. The fourth-order valence-corrected chi connectivity index (χ4v) is 5.47. The summed E-state index contributed by atoms with van der Waals surface area (Å²) in [5, 5.41) is 11.5. The number of imide groups is 1. The van der Waals surface area contributed by atoms with E-state index in [9.17, 15) is 22.8 Å². The Morgan fingerprint density at radius 1 is 1.19 bits per heavy atom. The lowest BCUT2D eigenvalue weighted by molar-refractivity contribution is 0.0866. The summed E-state index contributed by atoms with van der Waals surface area (Å²) in [6.45, 7) is 0.598. The molecule has 1 aliphatic rings. The minimum absolute atomic E-state index is 0.0746. The van der Waals surface area contributed by atoms with Gasteiger partial charge in [0.25, 0.3) is 5.91 Å². The standard InChI is InChI=1S/C22H21ClN4O7S2/c1-36(32,33)27(21(29)25-20-24-17-4-2-3-5-18(17)35-20)19(28)15-12-14(6-7-16(15)23)34-13-8-10-26(11-9-13)22(30)31/h2-7,12-13H,8-11H2,1H3,(H,30,31)(H,24,25,29). The molecule has 1 fully saturated rings. The summed E-state index contributed by atoms with van der Waals surface area (Å²) in [7, 11) is -4.34. The lowest BCUT2D eigenvalue weighted by Crippen LogP contribution is -2.43. The SMILES string of the molecule is CS(=O)(=O)N(C(=O)Nc1nc2ccccc2s1)C(=O)c1cc(OC2CCN(C(=O)O)CC2)ccc1Cl. The molecule has 0 radical (unpaired) electrons. The van der Waals surface area contributed by atoms with Crippen LogP contribution in [0.25, 0.3) is 10.2 Å². The van der Waals surface area contributed by atoms with Crippen LogP contribution in [0.5, 0.6) is 5.75 Å². The first-order valence-electron chi connectivity index (χ1n) is 10.7. The third-order valence-corrected chi connectivity index (χ3v) is 7.67. The maximum Gasteiger partial charge on any atom is 0.407 e. The number of urea groups is 1. The normalized spacial score (nSPS) is 14.4. The smallest absolute Gasteiger partial charge is 0.407 e. The van der Waals surface area contributed by atoms with Gasteiger partial charge < -0.3 is 14.7 Å². The Balaban J connectivity index is 1.54. The highest BCUT2D eigenvalue weighted by Crippen LogP contribution is 2.29. The summed E-state index contributed by atoms with van der Waals surface area (Å²) in [6.07, 6.45) is 0.306. The number of carboxylic acid groups (broad SMARTS) is 1. The van der Waals surface area contributed by atoms with E-state index >= 15 is 0 Å². The first-order chi connectivity index (χ1) is 17.0. The molecule has 11 nitrogen and oxygen atoms in total. The van der Waals surface area contributed by atoms with E-state index in [4.69, 9.17) is 21.4 Å². The Kier molecular flexibility index (Phi) is 7.33. The fourth-order valence-electron chi connectivity index (χ4n) is 3.67. The molecule has 190 valence electrons. The third-order valence-electron chi connectivity index (χ3n) is 5.39. The molecule has 3 aromatic rings. The van der Waals surface area contributed by atoms with Crippen molar-refractivity contribution >= 4 is 66.3 Å². The van der Waals surface area contributed by atoms with Crippen LogP contribution in [0.15, 0.2) is 42.5 Å². The molecule has 4 amide bonds. The Morgan fingerprint density at radius 3 is 2.53 bits per heavy atom. The fraction of sp³-hybridized carbons (Fsp3) is 0.273. The van der Waals surface area contributed by atoms with Crippen molar-refractivity contribution in [2.24, 2.45) is 0 Å². The number of aromatic nitrogens is 1. The van der Waals surface area contributed by atoms with Gasteiger partial charge in [-0.1, -0.05) is 35.1 Å². The lowest BCUT2D eigenvalue weighted by atomic mass is 10.1. The number of hydrogen-bond donors (Lipinski definition) is 2. The predicted octanol–water partition coefficient (Wildman–Crippen LogP) is 4.10. The van der Waals surface area contributed by atoms with Crippen LogP contribution < -0.4 is 10.1 Å². The van der Waals surface area contributed by atoms with Crippen molar-refractivity contribution < 1.29 is 32.6 Å². The molecule has 4 rings (SSSR count). The number of halogens is 1. The van der Waals surface area contributed by atoms with Crippen molar-refractivity contribution in [2.75, 3.05) is 24.7 Å². The number of carbonyl (C=O) groups is 3. The zero-order chi connectivity index (χ0) is 26.0. The van der Waals surface area contributed by atoms with Crippen LogP contribution in [0.1, 0.15) is 23.2 Å². The second-order valence-electron chi connectivity index (χ2n) is 7.98. The third kappa shape index (κ3) is 5.69. The number of anilines is 1. The predicted molar refractivity (Wildman–Crippen MR) is 134 cm³/mol. The van der Waals surface area contributed by atoms with Crippen molar-refractivity contribution in [3.05, 3.63) is 53.1 Å². The van der Waals surface area contributed by atoms with Crippen LogP contribution in [0.2, 0.25) is 5.02 Å².